The van der Waals surface area contributed by atoms with Gasteiger partial charge in [-0.1, -0.05) is 66.7 Å². The van der Waals surface area contributed by atoms with E-state index in [-0.39, 0.29) is 12.0 Å². The predicted molar refractivity (Wildman–Crippen MR) is 99.4 cm³/mol. The average Bonchev–Trinajstić information content (AvgIpc) is 2.66. The molecule has 126 valence electrons. The van der Waals surface area contributed by atoms with E-state index in [0.717, 1.165) is 17.4 Å². The van der Waals surface area contributed by atoms with Crippen LogP contribution in [0, 0.1) is 0 Å². The van der Waals surface area contributed by atoms with Crippen molar-refractivity contribution in [3.8, 4) is 0 Å². The molecule has 0 fully saturated rings. The van der Waals surface area contributed by atoms with Crippen LogP contribution in [0.1, 0.15) is 16.7 Å². The third kappa shape index (κ3) is 3.57. The molecule has 3 nitrogen and oxygen atoms in total. The van der Waals surface area contributed by atoms with Gasteiger partial charge in [-0.15, -0.1) is 0 Å². The molecule has 0 aliphatic carbocycles. The highest BCUT2D eigenvalue weighted by Gasteiger charge is 2.19. The molecule has 4 rings (SSSR count). The van der Waals surface area contributed by atoms with Gasteiger partial charge in [-0.05, 0) is 27.5 Å². The Bertz CT molecular complexity index is 898. The number of amides is 1. The molecule has 1 amide bonds. The van der Waals surface area contributed by atoms with Crippen LogP contribution < -0.4 is 5.32 Å². The second-order valence-electron chi connectivity index (χ2n) is 6.52. The maximum atomic E-state index is 12.4. The first kappa shape index (κ1) is 15.9. The van der Waals surface area contributed by atoms with Gasteiger partial charge >= 0.3 is 0 Å². The summed E-state index contributed by atoms with van der Waals surface area (Å²) < 4.78 is 5.86. The van der Waals surface area contributed by atoms with Crippen molar-refractivity contribution in [1.82, 2.24) is 5.32 Å². The van der Waals surface area contributed by atoms with Crippen LogP contribution in [0.15, 0.2) is 66.7 Å². The minimum atomic E-state index is 0.0406. The first-order chi connectivity index (χ1) is 12.3. The minimum absolute atomic E-state index is 0.0406. The Morgan fingerprint density at radius 2 is 1.72 bits per heavy atom. The molecule has 0 radical (unpaired) electrons. The molecule has 0 saturated heterocycles. The fourth-order valence-electron chi connectivity index (χ4n) is 3.45. The fraction of sp³-hybridized carbons (Fsp3) is 0.227. The van der Waals surface area contributed by atoms with Crippen molar-refractivity contribution < 1.29 is 9.53 Å². The summed E-state index contributed by atoms with van der Waals surface area (Å²) in [7, 11) is 0. The van der Waals surface area contributed by atoms with Gasteiger partial charge in [-0.3, -0.25) is 4.79 Å². The van der Waals surface area contributed by atoms with E-state index in [1.165, 1.54) is 16.5 Å². The number of benzene rings is 3. The van der Waals surface area contributed by atoms with Gasteiger partial charge in [0, 0.05) is 13.0 Å². The number of carbonyl (C=O) groups excluding carboxylic acids is 1. The summed E-state index contributed by atoms with van der Waals surface area (Å²) in [4.78, 5) is 12.4. The van der Waals surface area contributed by atoms with Gasteiger partial charge in [-0.25, -0.2) is 0 Å². The third-order valence-electron chi connectivity index (χ3n) is 4.80. The Kier molecular flexibility index (Phi) is 4.49. The Morgan fingerprint density at radius 1 is 0.960 bits per heavy atom. The molecular formula is C22H21NO2. The van der Waals surface area contributed by atoms with E-state index in [0.29, 0.717) is 19.6 Å². The zero-order valence-corrected chi connectivity index (χ0v) is 14.1. The number of rotatable bonds is 4. The lowest BCUT2D eigenvalue weighted by Crippen LogP contribution is -2.37. The number of fused-ring (bicyclic) bond motifs is 2. The highest BCUT2D eigenvalue weighted by molar-refractivity contribution is 5.90. The monoisotopic (exact) mass is 331 g/mol. The lowest BCUT2D eigenvalue weighted by Gasteiger charge is -2.25. The molecule has 0 aromatic heterocycles. The number of ether oxygens (including phenoxy) is 1. The molecule has 3 aromatic rings. The van der Waals surface area contributed by atoms with Crippen molar-refractivity contribution in [1.29, 1.82) is 0 Å². The van der Waals surface area contributed by atoms with Gasteiger partial charge < -0.3 is 10.1 Å². The van der Waals surface area contributed by atoms with Crippen molar-refractivity contribution in [3.05, 3.63) is 83.4 Å². The zero-order valence-electron chi connectivity index (χ0n) is 14.1. The first-order valence-electron chi connectivity index (χ1n) is 8.71. The normalized spacial score (nSPS) is 16.4. The summed E-state index contributed by atoms with van der Waals surface area (Å²) in [6.45, 7) is 1.18. The first-order valence-corrected chi connectivity index (χ1v) is 8.71. The zero-order chi connectivity index (χ0) is 17.1. The van der Waals surface area contributed by atoms with E-state index in [9.17, 15) is 4.79 Å². The smallest absolute Gasteiger partial charge is 0.224 e. The van der Waals surface area contributed by atoms with Crippen molar-refractivity contribution in [2.24, 2.45) is 0 Å². The van der Waals surface area contributed by atoms with Crippen molar-refractivity contribution in [2.45, 2.75) is 25.6 Å². The average molecular weight is 331 g/mol. The molecule has 1 unspecified atom stereocenters. The van der Waals surface area contributed by atoms with Gasteiger partial charge in [0.1, 0.15) is 0 Å². The highest BCUT2D eigenvalue weighted by Crippen LogP contribution is 2.21. The van der Waals surface area contributed by atoms with Crippen LogP contribution in [0.5, 0.6) is 0 Å². The highest BCUT2D eigenvalue weighted by atomic mass is 16.5. The van der Waals surface area contributed by atoms with Crippen molar-refractivity contribution in [3.63, 3.8) is 0 Å². The summed E-state index contributed by atoms with van der Waals surface area (Å²) in [6.07, 6.45) is 1.29. The Labute approximate surface area is 147 Å². The molecule has 25 heavy (non-hydrogen) atoms. The van der Waals surface area contributed by atoms with E-state index < -0.39 is 0 Å². The lowest BCUT2D eigenvalue weighted by atomic mass is 9.99. The Morgan fingerprint density at radius 3 is 2.64 bits per heavy atom. The number of hydrogen-bond donors (Lipinski definition) is 1. The summed E-state index contributed by atoms with van der Waals surface area (Å²) >= 11 is 0. The topological polar surface area (TPSA) is 38.3 Å². The quantitative estimate of drug-likeness (QED) is 0.793. The lowest BCUT2D eigenvalue weighted by molar-refractivity contribution is -0.121. The predicted octanol–water partition coefficient (Wildman–Crippen LogP) is 3.64. The SMILES string of the molecule is O=C(Cc1cccc2ccccc12)NCC1Cc2ccccc2CO1. The Balaban J connectivity index is 1.37. The van der Waals surface area contributed by atoms with Crippen molar-refractivity contribution >= 4 is 16.7 Å². The van der Waals surface area contributed by atoms with E-state index in [2.05, 4.69) is 41.7 Å². The van der Waals surface area contributed by atoms with E-state index in [4.69, 9.17) is 4.74 Å². The van der Waals surface area contributed by atoms with E-state index in [1.54, 1.807) is 0 Å². The van der Waals surface area contributed by atoms with Crippen LogP contribution in [0.2, 0.25) is 0 Å². The van der Waals surface area contributed by atoms with Gasteiger partial charge in [0.05, 0.1) is 19.1 Å². The fourth-order valence-corrected chi connectivity index (χ4v) is 3.45. The molecule has 1 N–H and O–H groups in total. The molecule has 3 heteroatoms. The molecular weight excluding hydrogens is 310 g/mol. The van der Waals surface area contributed by atoms with E-state index in [1.807, 2.05) is 30.3 Å². The molecule has 1 aliphatic rings. The van der Waals surface area contributed by atoms with Gasteiger partial charge in [0.25, 0.3) is 0 Å². The van der Waals surface area contributed by atoms with Crippen LogP contribution in [0.3, 0.4) is 0 Å². The molecule has 1 atom stereocenters. The summed E-state index contributed by atoms with van der Waals surface area (Å²) in [6, 6.07) is 22.6. The molecule has 0 saturated carbocycles. The van der Waals surface area contributed by atoms with Gasteiger partial charge in [0.15, 0.2) is 0 Å². The van der Waals surface area contributed by atoms with Crippen LogP contribution >= 0.6 is 0 Å². The van der Waals surface area contributed by atoms with E-state index >= 15 is 0 Å². The minimum Gasteiger partial charge on any atom is -0.371 e. The standard InChI is InChI=1S/C22H21NO2/c24-22(13-18-10-5-9-16-6-3-4-11-21(16)18)23-14-20-12-17-7-1-2-8-19(17)15-25-20/h1-11,20H,12-15H2,(H,23,24). The number of carbonyl (C=O) groups is 1. The Hall–Kier alpha value is -2.65. The molecule has 1 aliphatic heterocycles. The van der Waals surface area contributed by atoms with Crippen molar-refractivity contribution in [2.75, 3.05) is 6.54 Å². The molecule has 1 heterocycles. The second kappa shape index (κ2) is 7.08. The number of nitrogens with one attached hydrogen (secondary N) is 1. The largest absolute Gasteiger partial charge is 0.371 e. The van der Waals surface area contributed by atoms with Gasteiger partial charge in [0.2, 0.25) is 5.91 Å². The van der Waals surface area contributed by atoms with Crippen LogP contribution in [-0.4, -0.2) is 18.6 Å². The third-order valence-corrected chi connectivity index (χ3v) is 4.80. The van der Waals surface area contributed by atoms with Crippen LogP contribution in [-0.2, 0) is 29.0 Å². The maximum Gasteiger partial charge on any atom is 0.224 e. The number of hydrogen-bond acceptors (Lipinski definition) is 2. The summed E-state index contributed by atoms with van der Waals surface area (Å²) in [5.41, 5.74) is 3.63. The molecule has 3 aromatic carbocycles. The second-order valence-corrected chi connectivity index (χ2v) is 6.52. The van der Waals surface area contributed by atoms with Crippen LogP contribution in [0.25, 0.3) is 10.8 Å². The molecule has 0 spiro atoms. The maximum absolute atomic E-state index is 12.4. The van der Waals surface area contributed by atoms with Gasteiger partial charge in [-0.2, -0.15) is 0 Å². The summed E-state index contributed by atoms with van der Waals surface area (Å²) in [5, 5.41) is 5.34. The van der Waals surface area contributed by atoms with Crippen LogP contribution in [0.4, 0.5) is 0 Å². The molecule has 0 bridgehead atoms. The summed E-state index contributed by atoms with van der Waals surface area (Å²) in [5.74, 6) is 0.0406.